The maximum atomic E-state index is 12.5. The Labute approximate surface area is 129 Å². The molecule has 0 amide bonds. The summed E-state index contributed by atoms with van der Waals surface area (Å²) in [6, 6.07) is 3.79. The molecule has 8 heteroatoms. The van der Waals surface area contributed by atoms with Gasteiger partial charge in [-0.15, -0.1) is 0 Å². The van der Waals surface area contributed by atoms with Gasteiger partial charge in [-0.1, -0.05) is 0 Å². The van der Waals surface area contributed by atoms with Crippen LogP contribution in [0.3, 0.4) is 0 Å². The number of aromatic nitrogens is 2. The number of nitrogens with zero attached hydrogens (tertiary/aromatic N) is 2. The Morgan fingerprint density at radius 1 is 0.542 bits per heavy atom. The van der Waals surface area contributed by atoms with Gasteiger partial charge in [0.25, 0.3) is 5.43 Å². The maximum absolute atomic E-state index is 12.5. The van der Waals surface area contributed by atoms with E-state index in [1.807, 2.05) is 0 Å². The molecule has 4 rings (SSSR count). The fourth-order valence-electron chi connectivity index (χ4n) is 2.59. The third-order valence-corrected chi connectivity index (χ3v) is 3.76. The van der Waals surface area contributed by atoms with Crippen LogP contribution in [0.15, 0.2) is 53.0 Å². The summed E-state index contributed by atoms with van der Waals surface area (Å²) in [7, 11) is 0. The summed E-state index contributed by atoms with van der Waals surface area (Å²) in [5.74, 6) is 0. The summed E-state index contributed by atoms with van der Waals surface area (Å²) >= 11 is 0. The predicted octanol–water partition coefficient (Wildman–Crippen LogP) is -1.59. The number of rotatable bonds is 0. The Morgan fingerprint density at radius 2 is 1.08 bits per heavy atom. The Hall–Kier alpha value is -3.68. The second-order valence-corrected chi connectivity index (χ2v) is 5.18. The van der Waals surface area contributed by atoms with E-state index in [1.165, 1.54) is 6.07 Å². The van der Waals surface area contributed by atoms with Crippen LogP contribution in [-0.2, 0) is 0 Å². The molecule has 0 spiro atoms. The molecule has 0 radical (unpaired) electrons. The van der Waals surface area contributed by atoms with Crippen LogP contribution in [0, 0.1) is 0 Å². The molecule has 0 saturated carbocycles. The lowest BCUT2D eigenvalue weighted by atomic mass is 10.1. The molecule has 0 bridgehead atoms. The van der Waals surface area contributed by atoms with E-state index in [0.29, 0.717) is 0 Å². The van der Waals surface area contributed by atoms with Crippen molar-refractivity contribution in [1.29, 1.82) is 0 Å². The zero-order chi connectivity index (χ0) is 17.2. The van der Waals surface area contributed by atoms with E-state index >= 15 is 0 Å². The lowest BCUT2D eigenvalue weighted by molar-refractivity contribution is 1.34. The van der Waals surface area contributed by atoms with Gasteiger partial charge in [-0.3, -0.25) is 28.8 Å². The van der Waals surface area contributed by atoms with E-state index < -0.39 is 38.1 Å². The van der Waals surface area contributed by atoms with Gasteiger partial charge in [0.1, 0.15) is 16.6 Å². The van der Waals surface area contributed by atoms with Crippen molar-refractivity contribution >= 4 is 32.8 Å². The molecule has 0 unspecified atom stereocenters. The average molecular weight is 320 g/mol. The lowest BCUT2D eigenvalue weighted by Crippen LogP contribution is -2.27. The monoisotopic (exact) mass is 320 g/mol. The quantitative estimate of drug-likeness (QED) is 0.280. The van der Waals surface area contributed by atoms with E-state index in [1.54, 1.807) is 0 Å². The molecule has 0 N–H and O–H groups in total. The molecule has 0 aliphatic rings. The molecule has 3 aromatic carbocycles. The van der Waals surface area contributed by atoms with Crippen LogP contribution in [-0.4, -0.2) is 9.97 Å². The van der Waals surface area contributed by atoms with Crippen LogP contribution in [0.1, 0.15) is 0 Å². The zero-order valence-electron chi connectivity index (χ0n) is 11.7. The van der Waals surface area contributed by atoms with Crippen molar-refractivity contribution in [2.24, 2.45) is 0 Å². The first-order valence-corrected chi connectivity index (χ1v) is 6.68. The van der Waals surface area contributed by atoms with Crippen LogP contribution < -0.4 is 32.6 Å². The first-order chi connectivity index (χ1) is 11.4. The highest BCUT2D eigenvalue weighted by Gasteiger charge is 2.17. The van der Waals surface area contributed by atoms with Crippen molar-refractivity contribution in [1.82, 2.24) is 9.97 Å². The molecule has 114 valence electrons. The Kier molecular flexibility index (Phi) is 2.57. The third-order valence-electron chi connectivity index (χ3n) is 3.76. The smallest absolute Gasteiger partial charge is 0.253 e. The van der Waals surface area contributed by atoms with Crippen molar-refractivity contribution in [3.8, 4) is 0 Å². The van der Waals surface area contributed by atoms with Gasteiger partial charge >= 0.3 is 0 Å². The summed E-state index contributed by atoms with van der Waals surface area (Å²) in [6.07, 6.45) is 0. The fraction of sp³-hybridized carbons (Fsp3) is 0. The van der Waals surface area contributed by atoms with Crippen molar-refractivity contribution in [2.75, 3.05) is 0 Å². The van der Waals surface area contributed by atoms with E-state index in [-0.39, 0.29) is 27.3 Å². The summed E-state index contributed by atoms with van der Waals surface area (Å²) in [6.45, 7) is 0. The van der Waals surface area contributed by atoms with E-state index in [4.69, 9.17) is 0 Å². The third kappa shape index (κ3) is 1.67. The fourth-order valence-corrected chi connectivity index (χ4v) is 2.59. The molecule has 4 aromatic rings. The normalized spacial score (nSPS) is 11.5. The number of fused-ring (bicyclic) bond motifs is 3. The van der Waals surface area contributed by atoms with Gasteiger partial charge in [-0.05, 0) is 12.1 Å². The largest absolute Gasteiger partial charge is 0.287 e. The Balaban J connectivity index is 2.41. The molecule has 0 atom stereocenters. The first kappa shape index (κ1) is 13.9. The molecule has 8 nitrogen and oxygen atoms in total. The lowest BCUT2D eigenvalue weighted by Gasteiger charge is -2.00. The standard InChI is InChI=1S/C16H4N2O6/c19-8-2-1-7-11(16(8)24)18-13-12(17-7)14(22)5-3-9(20)10(21)4-6(5)15(13)23/h1-4H. The molecule has 0 fully saturated rings. The number of hydrogen-bond acceptors (Lipinski definition) is 8. The molecule has 0 aliphatic carbocycles. The second kappa shape index (κ2) is 4.42. The van der Waals surface area contributed by atoms with Crippen molar-refractivity contribution in [3.63, 3.8) is 0 Å². The number of hydrogen-bond donors (Lipinski definition) is 0. The molecular weight excluding hydrogens is 316 g/mol. The summed E-state index contributed by atoms with van der Waals surface area (Å²) in [5.41, 5.74) is -6.22. The van der Waals surface area contributed by atoms with Crippen LogP contribution >= 0.6 is 0 Å². The SMILES string of the molecule is O=c1cc2c(=O)c3nc4ccc(=O)c(=O)c4nc3c(=O)c2cc1=O. The van der Waals surface area contributed by atoms with Gasteiger partial charge in [-0.25, -0.2) is 9.97 Å². The summed E-state index contributed by atoms with van der Waals surface area (Å²) in [4.78, 5) is 78.9. The highest BCUT2D eigenvalue weighted by atomic mass is 16.2. The zero-order valence-corrected chi connectivity index (χ0v) is 11.7. The van der Waals surface area contributed by atoms with E-state index in [2.05, 4.69) is 9.97 Å². The Bertz CT molecular complexity index is 1520. The second-order valence-electron chi connectivity index (χ2n) is 5.18. The molecule has 1 heterocycles. The minimum absolute atomic E-state index is 0.00857. The van der Waals surface area contributed by atoms with Gasteiger partial charge in [0.05, 0.1) is 5.52 Å². The highest BCUT2D eigenvalue weighted by molar-refractivity contribution is 5.96. The molecule has 24 heavy (non-hydrogen) atoms. The van der Waals surface area contributed by atoms with Crippen molar-refractivity contribution in [3.05, 3.63) is 85.6 Å². The minimum Gasteiger partial charge on any atom is -0.287 e. The predicted molar refractivity (Wildman–Crippen MR) is 85.7 cm³/mol. The Morgan fingerprint density at radius 3 is 1.67 bits per heavy atom. The average Bonchev–Trinajstić information content (AvgIpc) is 2.57. The van der Waals surface area contributed by atoms with E-state index in [9.17, 15) is 28.8 Å². The van der Waals surface area contributed by atoms with Crippen LogP contribution in [0.4, 0.5) is 0 Å². The van der Waals surface area contributed by atoms with Gasteiger partial charge in [0, 0.05) is 22.9 Å². The highest BCUT2D eigenvalue weighted by Crippen LogP contribution is 2.10. The van der Waals surface area contributed by atoms with Crippen molar-refractivity contribution < 1.29 is 0 Å². The maximum Gasteiger partial charge on any atom is 0.253 e. The molecule has 0 saturated heterocycles. The molecular formula is C16H4N2O6. The van der Waals surface area contributed by atoms with Gasteiger partial charge < -0.3 is 0 Å². The van der Waals surface area contributed by atoms with Crippen LogP contribution in [0.5, 0.6) is 0 Å². The minimum atomic E-state index is -0.937. The van der Waals surface area contributed by atoms with Gasteiger partial charge in [0.2, 0.25) is 27.1 Å². The molecule has 1 aromatic heterocycles. The molecule has 0 aliphatic heterocycles. The number of benzene rings is 3. The van der Waals surface area contributed by atoms with E-state index in [0.717, 1.165) is 18.2 Å². The summed E-state index contributed by atoms with van der Waals surface area (Å²) in [5, 5.41) is -0.495. The van der Waals surface area contributed by atoms with Gasteiger partial charge in [-0.2, -0.15) is 0 Å². The summed E-state index contributed by atoms with van der Waals surface area (Å²) < 4.78 is 0. The first-order valence-electron chi connectivity index (χ1n) is 6.68. The topological polar surface area (TPSA) is 128 Å². The van der Waals surface area contributed by atoms with Gasteiger partial charge in [0.15, 0.2) is 0 Å². The van der Waals surface area contributed by atoms with Crippen molar-refractivity contribution in [2.45, 2.75) is 0 Å². The van der Waals surface area contributed by atoms with Crippen LogP contribution in [0.2, 0.25) is 0 Å². The van der Waals surface area contributed by atoms with Crippen LogP contribution in [0.25, 0.3) is 32.8 Å².